The minimum atomic E-state index is -1.83. The Morgan fingerprint density at radius 3 is 2.65 bits per heavy atom. The number of hydrogen-bond donors (Lipinski definition) is 0. The number of rotatable bonds is 3. The first-order valence-corrected chi connectivity index (χ1v) is 10.5. The monoisotopic (exact) mass is 297 g/mol. The quantitative estimate of drug-likeness (QED) is 0.438. The minimum absolute atomic E-state index is 0.0235. The molecule has 0 saturated heterocycles. The maximum absolute atomic E-state index is 11.5. The van der Waals surface area contributed by atoms with E-state index in [9.17, 15) is 10.1 Å². The van der Waals surface area contributed by atoms with Crippen molar-refractivity contribution in [2.45, 2.75) is 76.5 Å². The molecule has 0 spiro atoms. The Morgan fingerprint density at radius 2 is 2.10 bits per heavy atom. The fraction of sp³-hybridized carbons (Fsp3) is 0.867. The number of hydrogen-bond acceptors (Lipinski definition) is 3. The second-order valence-electron chi connectivity index (χ2n) is 7.89. The van der Waals surface area contributed by atoms with Crippen LogP contribution in [0, 0.1) is 16.0 Å². The third-order valence-electron chi connectivity index (χ3n) is 5.61. The molecule has 2 aliphatic carbocycles. The van der Waals surface area contributed by atoms with Crippen LogP contribution in [-0.2, 0) is 4.43 Å². The molecule has 0 amide bonds. The van der Waals surface area contributed by atoms with E-state index in [1.807, 2.05) is 6.08 Å². The van der Waals surface area contributed by atoms with Gasteiger partial charge in [0.25, 0.3) is 0 Å². The van der Waals surface area contributed by atoms with Crippen LogP contribution in [0.5, 0.6) is 0 Å². The van der Waals surface area contributed by atoms with Gasteiger partial charge in [-0.25, -0.2) is 0 Å². The van der Waals surface area contributed by atoms with E-state index in [1.54, 1.807) is 0 Å². The van der Waals surface area contributed by atoms with Gasteiger partial charge in [-0.3, -0.25) is 10.1 Å². The Hall–Kier alpha value is -0.843. The molecule has 20 heavy (non-hydrogen) atoms. The van der Waals surface area contributed by atoms with E-state index in [2.05, 4.69) is 33.9 Å². The molecular weight excluding hydrogens is 270 g/mol. The number of fused-ring (bicyclic) bond motifs is 1. The highest BCUT2D eigenvalue weighted by Gasteiger charge is 2.55. The molecule has 0 unspecified atom stereocenters. The Morgan fingerprint density at radius 1 is 1.45 bits per heavy atom. The second kappa shape index (κ2) is 4.86. The van der Waals surface area contributed by atoms with Crippen molar-refractivity contribution in [2.75, 3.05) is 0 Å². The van der Waals surface area contributed by atoms with Crippen LogP contribution >= 0.6 is 0 Å². The molecule has 2 atom stereocenters. The predicted octanol–water partition coefficient (Wildman–Crippen LogP) is 4.50. The normalized spacial score (nSPS) is 30.6. The molecule has 0 bridgehead atoms. The Balaban J connectivity index is 2.15. The van der Waals surface area contributed by atoms with Gasteiger partial charge < -0.3 is 4.43 Å². The average molecular weight is 297 g/mol. The first-order chi connectivity index (χ1) is 9.08. The van der Waals surface area contributed by atoms with Gasteiger partial charge in [-0.1, -0.05) is 20.8 Å². The first-order valence-electron chi connectivity index (χ1n) is 7.61. The molecule has 0 aromatic rings. The molecule has 0 N–H and O–H groups in total. The fourth-order valence-corrected chi connectivity index (χ4v) is 4.31. The van der Waals surface area contributed by atoms with Crippen LogP contribution in [0.25, 0.3) is 0 Å². The van der Waals surface area contributed by atoms with Gasteiger partial charge in [-0.15, -0.1) is 0 Å². The SMILES string of the molecule is CC(C)(C)[Si](C)(C)OC1=CC[C@]2([N+](=O)[O-])CCC[C@@H]2C1. The molecule has 2 aliphatic rings. The lowest BCUT2D eigenvalue weighted by molar-refractivity contribution is -0.577. The van der Waals surface area contributed by atoms with Gasteiger partial charge in [0.15, 0.2) is 0 Å². The van der Waals surface area contributed by atoms with E-state index < -0.39 is 13.9 Å². The zero-order chi connectivity index (χ0) is 15.2. The van der Waals surface area contributed by atoms with E-state index in [0.29, 0.717) is 6.42 Å². The summed E-state index contributed by atoms with van der Waals surface area (Å²) in [7, 11) is -1.83. The topological polar surface area (TPSA) is 52.4 Å². The van der Waals surface area contributed by atoms with Gasteiger partial charge in [0.2, 0.25) is 13.9 Å². The molecule has 0 heterocycles. The highest BCUT2D eigenvalue weighted by Crippen LogP contribution is 2.48. The molecule has 0 radical (unpaired) electrons. The summed E-state index contributed by atoms with van der Waals surface area (Å²) >= 11 is 0. The lowest BCUT2D eigenvalue weighted by Crippen LogP contribution is -2.45. The van der Waals surface area contributed by atoms with Crippen molar-refractivity contribution in [3.8, 4) is 0 Å². The second-order valence-corrected chi connectivity index (χ2v) is 12.6. The van der Waals surface area contributed by atoms with Gasteiger partial charge >= 0.3 is 0 Å². The van der Waals surface area contributed by atoms with Gasteiger partial charge in [0.1, 0.15) is 0 Å². The van der Waals surface area contributed by atoms with Gasteiger partial charge in [0.05, 0.1) is 5.76 Å². The minimum Gasteiger partial charge on any atom is -0.547 e. The Kier molecular flexibility index (Phi) is 3.78. The number of nitrogens with zero attached hydrogens (tertiary/aromatic N) is 1. The van der Waals surface area contributed by atoms with E-state index in [-0.39, 0.29) is 15.9 Å². The lowest BCUT2D eigenvalue weighted by atomic mass is 9.78. The summed E-state index contributed by atoms with van der Waals surface area (Å²) in [4.78, 5) is 11.4. The summed E-state index contributed by atoms with van der Waals surface area (Å²) in [6, 6.07) is 0. The van der Waals surface area contributed by atoms with Crippen molar-refractivity contribution in [1.29, 1.82) is 0 Å². The van der Waals surface area contributed by atoms with Gasteiger partial charge in [-0.05, 0) is 37.0 Å². The molecule has 2 rings (SSSR count). The van der Waals surface area contributed by atoms with Crippen LogP contribution in [-0.4, -0.2) is 18.8 Å². The van der Waals surface area contributed by atoms with Gasteiger partial charge in [-0.2, -0.15) is 0 Å². The van der Waals surface area contributed by atoms with E-state index in [0.717, 1.165) is 31.4 Å². The van der Waals surface area contributed by atoms with E-state index in [1.165, 1.54) is 0 Å². The Labute approximate surface area is 122 Å². The summed E-state index contributed by atoms with van der Waals surface area (Å²) in [5.41, 5.74) is -0.694. The third kappa shape index (κ3) is 2.52. The maximum Gasteiger partial charge on any atom is 0.250 e. The molecule has 114 valence electrons. The van der Waals surface area contributed by atoms with Crippen LogP contribution in [0.2, 0.25) is 18.1 Å². The highest BCUT2D eigenvalue weighted by atomic mass is 28.4. The fourth-order valence-electron chi connectivity index (χ4n) is 3.18. The summed E-state index contributed by atoms with van der Waals surface area (Å²) in [5, 5.41) is 11.6. The molecule has 0 aliphatic heterocycles. The molecule has 0 aromatic heterocycles. The van der Waals surface area contributed by atoms with Crippen LogP contribution in [0.3, 0.4) is 0 Å². The summed E-state index contributed by atoms with van der Waals surface area (Å²) in [6.45, 7) is 11.1. The zero-order valence-electron chi connectivity index (χ0n) is 13.4. The lowest BCUT2D eigenvalue weighted by Gasteiger charge is -2.40. The van der Waals surface area contributed by atoms with Crippen molar-refractivity contribution in [3.63, 3.8) is 0 Å². The third-order valence-corrected chi connectivity index (χ3v) is 9.99. The number of allylic oxidation sites excluding steroid dienone is 1. The van der Waals surface area contributed by atoms with E-state index >= 15 is 0 Å². The molecule has 4 nitrogen and oxygen atoms in total. The van der Waals surface area contributed by atoms with Gasteiger partial charge in [0, 0.05) is 30.1 Å². The van der Waals surface area contributed by atoms with Crippen LogP contribution < -0.4 is 0 Å². The molecule has 1 fully saturated rings. The summed E-state index contributed by atoms with van der Waals surface area (Å²) in [5.74, 6) is 1.18. The summed E-state index contributed by atoms with van der Waals surface area (Å²) < 4.78 is 6.35. The molecular formula is C15H27NO3Si. The van der Waals surface area contributed by atoms with Crippen LogP contribution in [0.15, 0.2) is 11.8 Å². The highest BCUT2D eigenvalue weighted by molar-refractivity contribution is 6.74. The maximum atomic E-state index is 11.5. The van der Waals surface area contributed by atoms with Crippen LogP contribution in [0.4, 0.5) is 0 Å². The number of nitro groups is 1. The standard InChI is InChI=1S/C15H27NO3Si/c1-14(2,3)20(4,5)19-13-8-10-15(16(17)18)9-6-7-12(15)11-13/h8,12H,6-7,9-11H2,1-5H3/t12-,15-/m1/s1. The molecule has 5 heteroatoms. The Bertz CT molecular complexity index is 439. The molecule has 0 aromatic carbocycles. The van der Waals surface area contributed by atoms with Crippen molar-refractivity contribution in [3.05, 3.63) is 21.9 Å². The summed E-state index contributed by atoms with van der Waals surface area (Å²) in [6.07, 6.45) is 5.99. The van der Waals surface area contributed by atoms with Crippen molar-refractivity contribution >= 4 is 8.32 Å². The first kappa shape index (κ1) is 15.5. The average Bonchev–Trinajstić information content (AvgIpc) is 2.71. The van der Waals surface area contributed by atoms with Crippen molar-refractivity contribution in [1.82, 2.24) is 0 Å². The smallest absolute Gasteiger partial charge is 0.250 e. The largest absolute Gasteiger partial charge is 0.547 e. The van der Waals surface area contributed by atoms with Crippen LogP contribution in [0.1, 0.15) is 52.9 Å². The van der Waals surface area contributed by atoms with Crippen molar-refractivity contribution in [2.24, 2.45) is 5.92 Å². The molecule has 1 saturated carbocycles. The predicted molar refractivity (Wildman–Crippen MR) is 82.7 cm³/mol. The zero-order valence-corrected chi connectivity index (χ0v) is 14.4. The van der Waals surface area contributed by atoms with Crippen molar-refractivity contribution < 1.29 is 9.35 Å². The van der Waals surface area contributed by atoms with E-state index in [4.69, 9.17) is 4.43 Å².